The van der Waals surface area contributed by atoms with E-state index < -0.39 is 10.0 Å². The molecule has 0 atom stereocenters. The first kappa shape index (κ1) is 15.0. The number of hydrogen-bond acceptors (Lipinski definition) is 4. The Bertz CT molecular complexity index is 582. The van der Waals surface area contributed by atoms with Gasteiger partial charge in [-0.3, -0.25) is 5.10 Å². The monoisotopic (exact) mass is 312 g/mol. The smallest absolute Gasteiger partial charge is 0.257 e. The molecule has 0 radical (unpaired) electrons. The maximum atomic E-state index is 12.5. The lowest BCUT2D eigenvalue weighted by atomic mass is 9.67. The quantitative estimate of drug-likeness (QED) is 0.679. The third-order valence-corrected chi connectivity index (χ3v) is 6.32. The summed E-state index contributed by atoms with van der Waals surface area (Å²) < 4.78 is 27.7. The zero-order valence-electron chi connectivity index (χ0n) is 12.5. The fraction of sp³-hybridized carbons (Fsp3) is 0.786. The highest BCUT2D eigenvalue weighted by Gasteiger charge is 2.36. The number of sulfonamides is 1. The van der Waals surface area contributed by atoms with Gasteiger partial charge in [0.05, 0.1) is 6.20 Å². The minimum Gasteiger partial charge on any atom is -0.310 e. The summed E-state index contributed by atoms with van der Waals surface area (Å²) in [6, 6.07) is 0.543. The van der Waals surface area contributed by atoms with Gasteiger partial charge >= 0.3 is 0 Å². The van der Waals surface area contributed by atoms with Gasteiger partial charge in [-0.2, -0.15) is 5.10 Å². The van der Waals surface area contributed by atoms with Gasteiger partial charge in [0.15, 0.2) is 5.03 Å². The van der Waals surface area contributed by atoms with Crippen LogP contribution in [0.5, 0.6) is 0 Å². The molecule has 21 heavy (non-hydrogen) atoms. The summed E-state index contributed by atoms with van der Waals surface area (Å²) in [5, 5.41) is 10.1. The van der Waals surface area contributed by atoms with Crippen LogP contribution in [0.2, 0.25) is 0 Å². The van der Waals surface area contributed by atoms with Crippen molar-refractivity contribution in [3.63, 3.8) is 0 Å². The van der Waals surface area contributed by atoms with E-state index in [1.165, 1.54) is 19.3 Å². The molecular formula is C14H24N4O2S. The van der Waals surface area contributed by atoms with Gasteiger partial charge in [0.2, 0.25) is 0 Å². The van der Waals surface area contributed by atoms with Crippen LogP contribution < -0.4 is 10.0 Å². The van der Waals surface area contributed by atoms with Crippen molar-refractivity contribution in [3.05, 3.63) is 11.8 Å². The molecule has 1 heterocycles. The highest BCUT2D eigenvalue weighted by molar-refractivity contribution is 7.89. The molecule has 2 aliphatic carbocycles. The van der Waals surface area contributed by atoms with Crippen LogP contribution >= 0.6 is 0 Å². The zero-order chi connectivity index (χ0) is 14.9. The van der Waals surface area contributed by atoms with Crippen LogP contribution in [0.4, 0.5) is 0 Å². The molecule has 3 N–H and O–H groups in total. The second-order valence-electron chi connectivity index (χ2n) is 6.41. The van der Waals surface area contributed by atoms with Crippen molar-refractivity contribution in [2.75, 3.05) is 6.54 Å². The average molecular weight is 312 g/mol. The van der Waals surface area contributed by atoms with E-state index in [9.17, 15) is 8.42 Å². The van der Waals surface area contributed by atoms with Gasteiger partial charge in [-0.1, -0.05) is 13.3 Å². The van der Waals surface area contributed by atoms with Crippen molar-refractivity contribution >= 4 is 10.0 Å². The molecule has 0 saturated heterocycles. The van der Waals surface area contributed by atoms with Crippen molar-refractivity contribution in [2.24, 2.45) is 5.41 Å². The fourth-order valence-corrected chi connectivity index (χ4v) is 4.14. The molecule has 6 nitrogen and oxygen atoms in total. The second-order valence-corrected chi connectivity index (χ2v) is 8.11. The van der Waals surface area contributed by atoms with Crippen molar-refractivity contribution < 1.29 is 8.42 Å². The summed E-state index contributed by atoms with van der Waals surface area (Å²) in [6.45, 7) is 3.21. The molecule has 0 unspecified atom stereocenters. The Labute approximate surface area is 126 Å². The summed E-state index contributed by atoms with van der Waals surface area (Å²) in [7, 11) is -3.50. The predicted octanol–water partition coefficient (Wildman–Crippen LogP) is 1.52. The van der Waals surface area contributed by atoms with E-state index in [1.54, 1.807) is 6.20 Å². The average Bonchev–Trinajstić information content (AvgIpc) is 3.11. The van der Waals surface area contributed by atoms with Crippen molar-refractivity contribution in [1.82, 2.24) is 20.2 Å². The highest BCUT2D eigenvalue weighted by Crippen LogP contribution is 2.43. The minimum absolute atomic E-state index is 0.166. The molecular weight excluding hydrogens is 288 g/mol. The van der Waals surface area contributed by atoms with E-state index in [0.717, 1.165) is 19.3 Å². The summed E-state index contributed by atoms with van der Waals surface area (Å²) in [4.78, 5) is 0. The van der Waals surface area contributed by atoms with Gasteiger partial charge in [0.25, 0.3) is 10.0 Å². The van der Waals surface area contributed by atoms with E-state index in [2.05, 4.69) is 27.2 Å². The topological polar surface area (TPSA) is 86.9 Å². The lowest BCUT2D eigenvalue weighted by Gasteiger charge is -2.41. The number of rotatable bonds is 8. The van der Waals surface area contributed by atoms with Crippen LogP contribution in [0.1, 0.15) is 51.0 Å². The molecule has 0 amide bonds. The first-order valence-corrected chi connectivity index (χ1v) is 9.28. The minimum atomic E-state index is -3.50. The second kappa shape index (κ2) is 5.70. The summed E-state index contributed by atoms with van der Waals surface area (Å²) in [5.41, 5.74) is 0.882. The highest BCUT2D eigenvalue weighted by atomic mass is 32.2. The number of H-pyrrole nitrogens is 1. The van der Waals surface area contributed by atoms with Crippen molar-refractivity contribution in [1.29, 1.82) is 0 Å². The Kier molecular flexibility index (Phi) is 4.07. The molecule has 3 rings (SSSR count). The maximum absolute atomic E-state index is 12.5. The third-order valence-electron chi connectivity index (χ3n) is 4.91. The zero-order valence-corrected chi connectivity index (χ0v) is 13.3. The summed E-state index contributed by atoms with van der Waals surface area (Å²) in [5.74, 6) is 0. The summed E-state index contributed by atoms with van der Waals surface area (Å²) >= 11 is 0. The Morgan fingerprint density at radius 3 is 2.76 bits per heavy atom. The molecule has 2 fully saturated rings. The molecule has 2 saturated carbocycles. The Morgan fingerprint density at radius 1 is 1.43 bits per heavy atom. The first-order valence-electron chi connectivity index (χ1n) is 7.80. The fourth-order valence-electron chi connectivity index (χ4n) is 2.85. The third kappa shape index (κ3) is 3.30. The van der Waals surface area contributed by atoms with Gasteiger partial charge in [-0.25, -0.2) is 13.1 Å². The molecule has 1 aromatic rings. The lowest BCUT2D eigenvalue weighted by Crippen LogP contribution is -2.42. The summed E-state index contributed by atoms with van der Waals surface area (Å²) in [6.07, 6.45) is 8.41. The van der Waals surface area contributed by atoms with E-state index >= 15 is 0 Å². The van der Waals surface area contributed by atoms with Crippen molar-refractivity contribution in [2.45, 2.75) is 63.1 Å². The first-order chi connectivity index (χ1) is 10.0. The van der Waals surface area contributed by atoms with E-state index in [-0.39, 0.29) is 10.4 Å². The van der Waals surface area contributed by atoms with Crippen LogP contribution in [-0.2, 0) is 16.6 Å². The maximum Gasteiger partial charge on any atom is 0.257 e. The van der Waals surface area contributed by atoms with Gasteiger partial charge < -0.3 is 5.32 Å². The Balaban J connectivity index is 1.64. The Morgan fingerprint density at radius 2 is 2.19 bits per heavy atom. The molecule has 0 aromatic carbocycles. The standard InChI is InChI=1S/C14H24N4O2S/c1-2-14(6-3-7-14)10-17-21(19,20)13-11(9-16-18-13)8-15-12-4-5-12/h9,12,15,17H,2-8,10H2,1H3,(H,16,18). The molecule has 0 bridgehead atoms. The largest absolute Gasteiger partial charge is 0.310 e. The SMILES string of the molecule is CCC1(CNS(=O)(=O)c2[nH]ncc2CNC2CC2)CCC1. The molecule has 0 aliphatic heterocycles. The van der Waals surface area contributed by atoms with E-state index in [1.807, 2.05) is 0 Å². The van der Waals surface area contributed by atoms with Crippen molar-refractivity contribution in [3.8, 4) is 0 Å². The number of nitrogens with zero attached hydrogens (tertiary/aromatic N) is 1. The van der Waals surface area contributed by atoms with Crippen LogP contribution in [0.15, 0.2) is 11.2 Å². The molecule has 7 heteroatoms. The normalized spacial score (nSPS) is 21.2. The number of aromatic nitrogens is 2. The Hall–Kier alpha value is -0.920. The number of hydrogen-bond donors (Lipinski definition) is 3. The number of aromatic amines is 1. The van der Waals surface area contributed by atoms with Gasteiger partial charge in [-0.15, -0.1) is 0 Å². The van der Waals surface area contributed by atoms with Gasteiger partial charge in [-0.05, 0) is 37.5 Å². The molecule has 1 aromatic heterocycles. The van der Waals surface area contributed by atoms with E-state index in [4.69, 9.17) is 0 Å². The molecule has 0 spiro atoms. The van der Waals surface area contributed by atoms with Crippen LogP contribution in [-0.4, -0.2) is 31.2 Å². The van der Waals surface area contributed by atoms with E-state index in [0.29, 0.717) is 24.7 Å². The van der Waals surface area contributed by atoms with Crippen LogP contribution in [0.3, 0.4) is 0 Å². The lowest BCUT2D eigenvalue weighted by molar-refractivity contribution is 0.133. The van der Waals surface area contributed by atoms with Crippen LogP contribution in [0, 0.1) is 5.41 Å². The van der Waals surface area contributed by atoms with Gasteiger partial charge in [0.1, 0.15) is 0 Å². The van der Waals surface area contributed by atoms with Gasteiger partial charge in [0, 0.05) is 24.7 Å². The number of nitrogens with one attached hydrogen (secondary N) is 3. The predicted molar refractivity (Wildman–Crippen MR) is 80.2 cm³/mol. The molecule has 2 aliphatic rings. The van der Waals surface area contributed by atoms with Crippen LogP contribution in [0.25, 0.3) is 0 Å². The molecule has 118 valence electrons.